The van der Waals surface area contributed by atoms with E-state index in [-0.39, 0.29) is 11.5 Å². The number of carbonyl (C=O) groups excluding carboxylic acids is 1. The summed E-state index contributed by atoms with van der Waals surface area (Å²) in [4.78, 5) is 12.8. The number of rotatable bonds is 3. The van der Waals surface area contributed by atoms with Gasteiger partial charge in [-0.15, -0.1) is 11.3 Å². The summed E-state index contributed by atoms with van der Waals surface area (Å²) in [5, 5.41) is 11.0. The van der Waals surface area contributed by atoms with Crippen molar-refractivity contribution in [2.45, 2.75) is 6.42 Å². The van der Waals surface area contributed by atoms with E-state index in [0.717, 1.165) is 4.88 Å². The van der Waals surface area contributed by atoms with Gasteiger partial charge in [-0.3, -0.25) is 4.79 Å². The zero-order valence-corrected chi connectivity index (χ0v) is 8.83. The highest BCUT2D eigenvalue weighted by molar-refractivity contribution is 7.10. The van der Waals surface area contributed by atoms with Crippen LogP contribution in [0.4, 0.5) is 0 Å². The predicted molar refractivity (Wildman–Crippen MR) is 60.5 cm³/mol. The monoisotopic (exact) mass is 218 g/mol. The zero-order valence-electron chi connectivity index (χ0n) is 8.01. The molecule has 1 aromatic carbocycles. The number of thiophene rings is 1. The molecular weight excluding hydrogens is 208 g/mol. The Morgan fingerprint density at radius 1 is 1.20 bits per heavy atom. The summed E-state index contributed by atoms with van der Waals surface area (Å²) in [7, 11) is 0. The maximum absolute atomic E-state index is 11.7. The van der Waals surface area contributed by atoms with Crippen LogP contribution in [0, 0.1) is 0 Å². The van der Waals surface area contributed by atoms with Crippen LogP contribution in [0.25, 0.3) is 0 Å². The number of phenolic OH excluding ortho intramolecular Hbond substituents is 1. The molecule has 0 radical (unpaired) electrons. The molecule has 0 atom stereocenters. The number of carbonyl (C=O) groups is 1. The molecule has 15 heavy (non-hydrogen) atoms. The third-order valence-electron chi connectivity index (χ3n) is 2.10. The summed E-state index contributed by atoms with van der Waals surface area (Å²) < 4.78 is 0. The summed E-state index contributed by atoms with van der Waals surface area (Å²) in [5.41, 5.74) is 0.640. The Labute approximate surface area is 91.8 Å². The molecule has 1 heterocycles. The largest absolute Gasteiger partial charge is 0.508 e. The van der Waals surface area contributed by atoms with Gasteiger partial charge in [0.1, 0.15) is 5.75 Å². The van der Waals surface area contributed by atoms with Crippen molar-refractivity contribution in [3.8, 4) is 5.75 Å². The summed E-state index contributed by atoms with van der Waals surface area (Å²) in [6.07, 6.45) is 0.433. The van der Waals surface area contributed by atoms with Gasteiger partial charge in [0.15, 0.2) is 5.78 Å². The van der Waals surface area contributed by atoms with Gasteiger partial charge in [-0.05, 0) is 35.7 Å². The average Bonchev–Trinajstić information content (AvgIpc) is 2.71. The molecule has 3 heteroatoms. The standard InChI is InChI=1S/C12H10O2S/c13-10-5-3-9(4-6-10)12(14)8-11-2-1-7-15-11/h1-7,13H,8H2. The molecule has 0 saturated heterocycles. The number of aromatic hydroxyl groups is 1. The van der Waals surface area contributed by atoms with Gasteiger partial charge in [0.25, 0.3) is 0 Å². The first-order valence-corrected chi connectivity index (χ1v) is 5.48. The van der Waals surface area contributed by atoms with Crippen molar-refractivity contribution in [1.82, 2.24) is 0 Å². The maximum atomic E-state index is 11.7. The van der Waals surface area contributed by atoms with Crippen molar-refractivity contribution in [1.29, 1.82) is 0 Å². The van der Waals surface area contributed by atoms with Gasteiger partial charge < -0.3 is 5.11 Å². The summed E-state index contributed by atoms with van der Waals surface area (Å²) in [6, 6.07) is 10.2. The molecule has 0 spiro atoms. The molecule has 0 aliphatic rings. The fourth-order valence-corrected chi connectivity index (χ4v) is 2.02. The Morgan fingerprint density at radius 3 is 2.53 bits per heavy atom. The fourth-order valence-electron chi connectivity index (χ4n) is 1.32. The number of hydrogen-bond acceptors (Lipinski definition) is 3. The maximum Gasteiger partial charge on any atom is 0.168 e. The number of ketones is 1. The van der Waals surface area contributed by atoms with Gasteiger partial charge in [0, 0.05) is 16.9 Å². The van der Waals surface area contributed by atoms with Crippen LogP contribution in [-0.4, -0.2) is 10.9 Å². The number of phenols is 1. The van der Waals surface area contributed by atoms with Crippen molar-refractivity contribution in [3.05, 3.63) is 52.2 Å². The van der Waals surface area contributed by atoms with Crippen LogP contribution in [0.3, 0.4) is 0 Å². The molecule has 0 aliphatic carbocycles. The van der Waals surface area contributed by atoms with E-state index in [1.165, 1.54) is 12.1 Å². The predicted octanol–water partition coefficient (Wildman–Crippen LogP) is 2.88. The molecule has 2 nitrogen and oxygen atoms in total. The van der Waals surface area contributed by atoms with Crippen LogP contribution in [0.2, 0.25) is 0 Å². The van der Waals surface area contributed by atoms with Gasteiger partial charge in [0.05, 0.1) is 0 Å². The Kier molecular flexibility index (Phi) is 2.83. The van der Waals surface area contributed by atoms with Crippen LogP contribution in [0.5, 0.6) is 5.75 Å². The third kappa shape index (κ3) is 2.44. The van der Waals surface area contributed by atoms with E-state index in [4.69, 9.17) is 5.11 Å². The molecule has 0 aliphatic heterocycles. The van der Waals surface area contributed by atoms with Crippen molar-refractivity contribution in [2.75, 3.05) is 0 Å². The summed E-state index contributed by atoms with van der Waals surface area (Å²) in [6.45, 7) is 0. The molecule has 1 aromatic heterocycles. The molecule has 1 N–H and O–H groups in total. The first-order valence-electron chi connectivity index (χ1n) is 4.60. The molecule has 0 bridgehead atoms. The molecule has 0 fully saturated rings. The van der Waals surface area contributed by atoms with E-state index in [0.29, 0.717) is 12.0 Å². The second kappa shape index (κ2) is 4.28. The SMILES string of the molecule is O=C(Cc1cccs1)c1ccc(O)cc1. The molecule has 2 rings (SSSR count). The quantitative estimate of drug-likeness (QED) is 0.804. The lowest BCUT2D eigenvalue weighted by molar-refractivity contribution is 0.0994. The number of benzene rings is 1. The van der Waals surface area contributed by atoms with Crippen LogP contribution >= 0.6 is 11.3 Å². The normalized spacial score (nSPS) is 10.1. The summed E-state index contributed by atoms with van der Waals surface area (Å²) >= 11 is 1.58. The zero-order chi connectivity index (χ0) is 10.7. The van der Waals surface area contributed by atoms with Crippen LogP contribution in [-0.2, 0) is 6.42 Å². The molecule has 2 aromatic rings. The Hall–Kier alpha value is -1.61. The lowest BCUT2D eigenvalue weighted by atomic mass is 10.1. The highest BCUT2D eigenvalue weighted by Gasteiger charge is 2.07. The molecule has 0 saturated carbocycles. The highest BCUT2D eigenvalue weighted by atomic mass is 32.1. The third-order valence-corrected chi connectivity index (χ3v) is 2.98. The van der Waals surface area contributed by atoms with Crippen LogP contribution in [0.15, 0.2) is 41.8 Å². The van der Waals surface area contributed by atoms with Crippen LogP contribution in [0.1, 0.15) is 15.2 Å². The number of Topliss-reactive ketones (excluding diaryl/α,β-unsaturated/α-hetero) is 1. The molecule has 0 unspecified atom stereocenters. The lowest BCUT2D eigenvalue weighted by Gasteiger charge is -1.99. The van der Waals surface area contributed by atoms with E-state index in [9.17, 15) is 4.79 Å². The Morgan fingerprint density at radius 2 is 1.93 bits per heavy atom. The van der Waals surface area contributed by atoms with Gasteiger partial charge in [-0.25, -0.2) is 0 Å². The van der Waals surface area contributed by atoms with Crippen molar-refractivity contribution < 1.29 is 9.90 Å². The van der Waals surface area contributed by atoms with Gasteiger partial charge in [-0.1, -0.05) is 6.07 Å². The number of hydrogen-bond donors (Lipinski definition) is 1. The van der Waals surface area contributed by atoms with Crippen molar-refractivity contribution >= 4 is 17.1 Å². The van der Waals surface area contributed by atoms with Crippen molar-refractivity contribution in [2.24, 2.45) is 0 Å². The summed E-state index contributed by atoms with van der Waals surface area (Å²) in [5.74, 6) is 0.264. The van der Waals surface area contributed by atoms with E-state index in [1.54, 1.807) is 23.5 Å². The minimum atomic E-state index is 0.0810. The minimum Gasteiger partial charge on any atom is -0.508 e. The second-order valence-corrected chi connectivity index (χ2v) is 4.26. The highest BCUT2D eigenvalue weighted by Crippen LogP contribution is 2.15. The topological polar surface area (TPSA) is 37.3 Å². The average molecular weight is 218 g/mol. The fraction of sp³-hybridized carbons (Fsp3) is 0.0833. The van der Waals surface area contributed by atoms with E-state index < -0.39 is 0 Å². The Bertz CT molecular complexity index is 443. The van der Waals surface area contributed by atoms with Gasteiger partial charge in [0.2, 0.25) is 0 Å². The smallest absolute Gasteiger partial charge is 0.168 e. The molecular formula is C12H10O2S. The molecule has 0 amide bonds. The van der Waals surface area contributed by atoms with Crippen LogP contribution < -0.4 is 0 Å². The van der Waals surface area contributed by atoms with E-state index in [1.807, 2.05) is 17.5 Å². The second-order valence-electron chi connectivity index (χ2n) is 3.23. The first-order chi connectivity index (χ1) is 7.25. The Balaban J connectivity index is 2.11. The van der Waals surface area contributed by atoms with E-state index in [2.05, 4.69) is 0 Å². The first kappa shape index (κ1) is 9.93. The van der Waals surface area contributed by atoms with Crippen molar-refractivity contribution in [3.63, 3.8) is 0 Å². The lowest BCUT2D eigenvalue weighted by Crippen LogP contribution is -2.01. The minimum absolute atomic E-state index is 0.0810. The van der Waals surface area contributed by atoms with Gasteiger partial charge in [-0.2, -0.15) is 0 Å². The van der Waals surface area contributed by atoms with E-state index >= 15 is 0 Å². The van der Waals surface area contributed by atoms with Gasteiger partial charge >= 0.3 is 0 Å². The molecule has 76 valence electrons.